The van der Waals surface area contributed by atoms with Gasteiger partial charge in [-0.2, -0.15) is 23.3 Å². The summed E-state index contributed by atoms with van der Waals surface area (Å²) in [5.41, 5.74) is 0.265. The fourth-order valence-corrected chi connectivity index (χ4v) is 3.39. The van der Waals surface area contributed by atoms with E-state index in [1.165, 1.54) is 6.21 Å². The Morgan fingerprint density at radius 2 is 2.09 bits per heavy atom. The SMILES string of the molecule is C[C@@H]1CC[C@@H](c2noc([C@](C)(O)C(F)(F)F)n2)CN1C(=O)c1ccccc1N/N=C\C=N. The van der Waals surface area contributed by atoms with Crippen molar-refractivity contribution >= 4 is 24.0 Å². The number of piperidine rings is 1. The first kappa shape index (κ1) is 23.4. The number of hydrazone groups is 1. The molecular formula is C20H23F3N6O3. The molecule has 0 bridgehead atoms. The molecule has 2 aromatic rings. The first-order valence-electron chi connectivity index (χ1n) is 9.87. The highest BCUT2D eigenvalue weighted by Crippen LogP contribution is 2.38. The van der Waals surface area contributed by atoms with Crippen LogP contribution in [0.25, 0.3) is 0 Å². The highest BCUT2D eigenvalue weighted by atomic mass is 19.4. The van der Waals surface area contributed by atoms with Gasteiger partial charge < -0.3 is 19.9 Å². The third-order valence-corrected chi connectivity index (χ3v) is 5.41. The topological polar surface area (TPSA) is 128 Å². The van der Waals surface area contributed by atoms with Crippen LogP contribution in [0.15, 0.2) is 33.9 Å². The number of hydrogen-bond acceptors (Lipinski definition) is 8. The Bertz CT molecular complexity index is 1000. The zero-order chi connectivity index (χ0) is 23.5. The van der Waals surface area contributed by atoms with E-state index in [9.17, 15) is 23.1 Å². The van der Waals surface area contributed by atoms with Gasteiger partial charge in [0.25, 0.3) is 11.8 Å². The van der Waals surface area contributed by atoms with Crippen LogP contribution in [0.3, 0.4) is 0 Å². The number of aromatic nitrogens is 2. The molecule has 1 fully saturated rings. The summed E-state index contributed by atoms with van der Waals surface area (Å²) in [6.07, 6.45) is -1.63. The number of amides is 1. The molecule has 172 valence electrons. The van der Waals surface area contributed by atoms with Gasteiger partial charge in [0.15, 0.2) is 5.82 Å². The van der Waals surface area contributed by atoms with E-state index < -0.39 is 23.6 Å². The zero-order valence-corrected chi connectivity index (χ0v) is 17.4. The number of anilines is 1. The standard InChI is InChI=1S/C20H23F3N6O3/c1-12-7-8-13(16-26-18(32-28-16)19(2,31)20(21,22)23)11-29(12)17(30)14-5-3-4-6-15(14)27-25-10-9-24/h3-6,9-10,12-13,24,27,31H,7-8,11H2,1-2H3/b24-9?,25-10-/t12-,13-,19+/m1/s1. The lowest BCUT2D eigenvalue weighted by Crippen LogP contribution is -2.45. The van der Waals surface area contributed by atoms with Gasteiger partial charge in [0.05, 0.1) is 17.5 Å². The molecule has 1 aliphatic heterocycles. The lowest BCUT2D eigenvalue weighted by molar-refractivity contribution is -0.267. The van der Waals surface area contributed by atoms with Crippen LogP contribution in [0.4, 0.5) is 18.9 Å². The Labute approximate surface area is 181 Å². The molecule has 3 N–H and O–H groups in total. The summed E-state index contributed by atoms with van der Waals surface area (Å²) in [4.78, 5) is 18.7. The van der Waals surface area contributed by atoms with Gasteiger partial charge in [-0.1, -0.05) is 17.3 Å². The van der Waals surface area contributed by atoms with E-state index in [4.69, 9.17) is 9.93 Å². The maximum atomic E-state index is 13.3. The Morgan fingerprint density at radius 1 is 1.38 bits per heavy atom. The van der Waals surface area contributed by atoms with Crippen molar-refractivity contribution in [2.24, 2.45) is 5.10 Å². The molecule has 1 aromatic carbocycles. The number of halogens is 3. The van der Waals surface area contributed by atoms with E-state index in [2.05, 4.69) is 20.7 Å². The van der Waals surface area contributed by atoms with Gasteiger partial charge in [0.2, 0.25) is 5.60 Å². The molecule has 1 aromatic heterocycles. The molecular weight excluding hydrogens is 429 g/mol. The van der Waals surface area contributed by atoms with Crippen molar-refractivity contribution in [3.8, 4) is 0 Å². The van der Waals surface area contributed by atoms with Crippen LogP contribution >= 0.6 is 0 Å². The van der Waals surface area contributed by atoms with Crippen molar-refractivity contribution in [3.63, 3.8) is 0 Å². The Morgan fingerprint density at radius 3 is 2.78 bits per heavy atom. The van der Waals surface area contributed by atoms with Gasteiger partial charge in [-0.05, 0) is 38.8 Å². The van der Waals surface area contributed by atoms with E-state index in [-0.39, 0.29) is 24.3 Å². The third kappa shape index (κ3) is 4.64. The van der Waals surface area contributed by atoms with Gasteiger partial charge in [-0.15, -0.1) is 0 Å². The molecule has 9 nitrogen and oxygen atoms in total. The van der Waals surface area contributed by atoms with Crippen molar-refractivity contribution < 1.29 is 27.6 Å². The van der Waals surface area contributed by atoms with Crippen LogP contribution in [0.1, 0.15) is 54.7 Å². The summed E-state index contributed by atoms with van der Waals surface area (Å²) in [6.45, 7) is 2.60. The van der Waals surface area contributed by atoms with Crippen LogP contribution in [0.2, 0.25) is 0 Å². The number of benzene rings is 1. The molecule has 0 saturated carbocycles. The lowest BCUT2D eigenvalue weighted by atomic mass is 9.92. The average molecular weight is 452 g/mol. The van der Waals surface area contributed by atoms with E-state index in [1.54, 1.807) is 29.2 Å². The quantitative estimate of drug-likeness (QED) is 0.456. The number of para-hydroxylation sites is 1. The number of nitrogens with zero attached hydrogens (tertiary/aromatic N) is 4. The van der Waals surface area contributed by atoms with Crippen molar-refractivity contribution in [2.75, 3.05) is 12.0 Å². The molecule has 1 saturated heterocycles. The maximum Gasteiger partial charge on any atom is 0.426 e. The van der Waals surface area contributed by atoms with Gasteiger partial charge in [0, 0.05) is 24.7 Å². The van der Waals surface area contributed by atoms with Crippen LogP contribution in [0.5, 0.6) is 0 Å². The summed E-state index contributed by atoms with van der Waals surface area (Å²) in [7, 11) is 0. The average Bonchev–Trinajstić information content (AvgIpc) is 3.24. The highest BCUT2D eigenvalue weighted by Gasteiger charge is 2.55. The van der Waals surface area contributed by atoms with E-state index in [0.717, 1.165) is 6.21 Å². The van der Waals surface area contributed by atoms with Crippen LogP contribution < -0.4 is 5.43 Å². The summed E-state index contributed by atoms with van der Waals surface area (Å²) in [5, 5.41) is 24.2. The summed E-state index contributed by atoms with van der Waals surface area (Å²) < 4.78 is 43.9. The molecule has 12 heteroatoms. The summed E-state index contributed by atoms with van der Waals surface area (Å²) in [5.74, 6) is -1.67. The number of rotatable bonds is 6. The number of carbonyl (C=O) groups is 1. The van der Waals surface area contributed by atoms with Crippen molar-refractivity contribution in [3.05, 3.63) is 41.5 Å². The molecule has 0 unspecified atom stereocenters. The fraction of sp³-hybridized carbons (Fsp3) is 0.450. The maximum absolute atomic E-state index is 13.3. The van der Waals surface area contributed by atoms with Crippen molar-refractivity contribution in [2.45, 2.75) is 50.4 Å². The second kappa shape index (κ2) is 9.07. The second-order valence-corrected chi connectivity index (χ2v) is 7.71. The Kier molecular flexibility index (Phi) is 6.63. The smallest absolute Gasteiger partial charge is 0.373 e. The molecule has 0 radical (unpaired) electrons. The number of alkyl halides is 3. The summed E-state index contributed by atoms with van der Waals surface area (Å²) >= 11 is 0. The van der Waals surface area contributed by atoms with Crippen molar-refractivity contribution in [1.82, 2.24) is 15.0 Å². The molecule has 3 atom stereocenters. The van der Waals surface area contributed by atoms with Gasteiger partial charge in [-0.25, -0.2) is 0 Å². The predicted molar refractivity (Wildman–Crippen MR) is 110 cm³/mol. The lowest BCUT2D eigenvalue weighted by Gasteiger charge is -2.37. The molecule has 2 heterocycles. The summed E-state index contributed by atoms with van der Waals surface area (Å²) in [6, 6.07) is 6.62. The molecule has 1 amide bonds. The number of aliphatic hydroxyl groups is 1. The minimum absolute atomic E-state index is 0.0104. The van der Waals surface area contributed by atoms with Crippen LogP contribution in [-0.4, -0.2) is 57.2 Å². The van der Waals surface area contributed by atoms with E-state index in [0.29, 0.717) is 31.0 Å². The molecule has 1 aliphatic rings. The van der Waals surface area contributed by atoms with E-state index >= 15 is 0 Å². The van der Waals surface area contributed by atoms with Gasteiger partial charge >= 0.3 is 6.18 Å². The zero-order valence-electron chi connectivity index (χ0n) is 17.4. The fourth-order valence-electron chi connectivity index (χ4n) is 3.39. The molecule has 32 heavy (non-hydrogen) atoms. The van der Waals surface area contributed by atoms with Gasteiger partial charge in [-0.3, -0.25) is 10.2 Å². The monoisotopic (exact) mass is 452 g/mol. The minimum atomic E-state index is -4.98. The number of carbonyl (C=O) groups excluding carboxylic acids is 1. The Balaban J connectivity index is 1.82. The van der Waals surface area contributed by atoms with Crippen LogP contribution in [-0.2, 0) is 5.60 Å². The third-order valence-electron chi connectivity index (χ3n) is 5.41. The largest absolute Gasteiger partial charge is 0.426 e. The molecule has 0 spiro atoms. The van der Waals surface area contributed by atoms with Gasteiger partial charge in [0.1, 0.15) is 0 Å². The normalized spacial score (nSPS) is 21.4. The Hall–Kier alpha value is -3.28. The van der Waals surface area contributed by atoms with Crippen LogP contribution in [0, 0.1) is 5.41 Å². The van der Waals surface area contributed by atoms with E-state index in [1.807, 2.05) is 6.92 Å². The number of likely N-dealkylation sites (tertiary alicyclic amines) is 1. The minimum Gasteiger partial charge on any atom is -0.373 e. The highest BCUT2D eigenvalue weighted by molar-refractivity contribution is 6.14. The van der Waals surface area contributed by atoms with Crippen molar-refractivity contribution in [1.29, 1.82) is 5.41 Å². The first-order valence-corrected chi connectivity index (χ1v) is 9.87. The molecule has 3 rings (SSSR count). The number of hydrogen-bond donors (Lipinski definition) is 3. The second-order valence-electron chi connectivity index (χ2n) is 7.71. The first-order chi connectivity index (χ1) is 15.1. The molecule has 0 aliphatic carbocycles. The predicted octanol–water partition coefficient (Wildman–Crippen LogP) is 3.29. The number of nitrogens with one attached hydrogen (secondary N) is 2.